The average molecular weight is 521 g/mol. The van der Waals surface area contributed by atoms with Gasteiger partial charge in [0.1, 0.15) is 11.6 Å². The van der Waals surface area contributed by atoms with Gasteiger partial charge in [0.05, 0.1) is 24.7 Å². The number of ether oxygens (including phenoxy) is 3. The van der Waals surface area contributed by atoms with E-state index in [0.717, 1.165) is 64.9 Å². The fourth-order valence-corrected chi connectivity index (χ4v) is 5.16. The molecule has 0 radical (unpaired) electrons. The molecule has 0 bridgehead atoms. The van der Waals surface area contributed by atoms with Gasteiger partial charge in [-0.05, 0) is 41.0 Å². The Hall–Kier alpha value is -4.79. The van der Waals surface area contributed by atoms with E-state index in [2.05, 4.69) is 46.6 Å². The van der Waals surface area contributed by atoms with Gasteiger partial charge in [-0.15, -0.1) is 0 Å². The lowest BCUT2D eigenvalue weighted by atomic mass is 10.1. The summed E-state index contributed by atoms with van der Waals surface area (Å²) >= 11 is 0. The van der Waals surface area contributed by atoms with Crippen LogP contribution < -0.4 is 24.4 Å². The fourth-order valence-electron chi connectivity index (χ4n) is 5.16. The maximum atomic E-state index is 5.55. The van der Waals surface area contributed by atoms with Gasteiger partial charge in [0.15, 0.2) is 17.1 Å². The van der Waals surface area contributed by atoms with E-state index in [1.165, 1.54) is 11.1 Å². The highest BCUT2D eigenvalue weighted by Crippen LogP contribution is 2.35. The summed E-state index contributed by atoms with van der Waals surface area (Å²) < 4.78 is 18.3. The molecule has 2 aliphatic rings. The molecule has 0 atom stereocenters. The van der Waals surface area contributed by atoms with E-state index in [9.17, 15) is 0 Å². The molecule has 9 heteroatoms. The quantitative estimate of drug-likeness (QED) is 0.313. The monoisotopic (exact) mass is 520 g/mol. The third-order valence-corrected chi connectivity index (χ3v) is 7.16. The topological polar surface area (TPSA) is 86.6 Å². The van der Waals surface area contributed by atoms with Gasteiger partial charge < -0.3 is 24.4 Å². The molecule has 0 saturated carbocycles. The van der Waals surface area contributed by atoms with Gasteiger partial charge in [0.2, 0.25) is 12.7 Å². The van der Waals surface area contributed by atoms with Crippen molar-refractivity contribution in [2.45, 2.75) is 26.1 Å². The third-order valence-electron chi connectivity index (χ3n) is 7.16. The van der Waals surface area contributed by atoms with Crippen LogP contribution in [0.1, 0.15) is 22.4 Å². The van der Waals surface area contributed by atoms with E-state index < -0.39 is 0 Å². The first-order valence-electron chi connectivity index (χ1n) is 13.0. The van der Waals surface area contributed by atoms with Crippen molar-refractivity contribution in [2.24, 2.45) is 0 Å². The molecule has 0 saturated heterocycles. The number of nitrogens with one attached hydrogen (secondary N) is 1. The van der Waals surface area contributed by atoms with Crippen molar-refractivity contribution in [3.05, 3.63) is 95.2 Å². The molecule has 196 valence electrons. The van der Waals surface area contributed by atoms with Crippen LogP contribution in [0.5, 0.6) is 17.2 Å². The van der Waals surface area contributed by atoms with Crippen LogP contribution in [0, 0.1) is 0 Å². The smallest absolute Gasteiger partial charge is 0.231 e. The molecule has 2 aliphatic heterocycles. The Labute approximate surface area is 226 Å². The number of methoxy groups -OCH3 is 1. The third kappa shape index (κ3) is 4.56. The van der Waals surface area contributed by atoms with Crippen molar-refractivity contribution >= 4 is 22.8 Å². The van der Waals surface area contributed by atoms with E-state index in [0.29, 0.717) is 19.0 Å². The van der Waals surface area contributed by atoms with Gasteiger partial charge in [-0.3, -0.25) is 0 Å². The van der Waals surface area contributed by atoms with E-state index >= 15 is 0 Å². The number of aromatic nitrogens is 4. The van der Waals surface area contributed by atoms with Crippen molar-refractivity contribution in [1.82, 2.24) is 19.7 Å². The Bertz CT molecular complexity index is 1630. The molecular weight excluding hydrogens is 492 g/mol. The molecule has 3 aromatic carbocycles. The summed E-state index contributed by atoms with van der Waals surface area (Å²) in [7, 11) is 1.68. The summed E-state index contributed by atoms with van der Waals surface area (Å²) in [5.74, 6) is 3.85. The number of nitrogens with zero attached hydrogens (tertiary/aromatic N) is 5. The number of rotatable bonds is 8. The molecule has 7 rings (SSSR count). The summed E-state index contributed by atoms with van der Waals surface area (Å²) in [4.78, 5) is 12.3. The average Bonchev–Trinajstić information content (AvgIpc) is 3.59. The van der Waals surface area contributed by atoms with Crippen molar-refractivity contribution in [3.63, 3.8) is 0 Å². The molecule has 5 aromatic rings. The second-order valence-corrected chi connectivity index (χ2v) is 9.72. The minimum atomic E-state index is 0.257. The molecule has 9 nitrogen and oxygen atoms in total. The molecule has 2 aromatic heterocycles. The molecule has 39 heavy (non-hydrogen) atoms. The molecular formula is C30H28N6O3. The van der Waals surface area contributed by atoms with Crippen molar-refractivity contribution in [2.75, 3.05) is 30.7 Å². The second kappa shape index (κ2) is 9.83. The lowest BCUT2D eigenvalue weighted by Crippen LogP contribution is -2.29. The minimum absolute atomic E-state index is 0.257. The van der Waals surface area contributed by atoms with Gasteiger partial charge in [-0.1, -0.05) is 48.5 Å². The molecule has 4 heterocycles. The van der Waals surface area contributed by atoms with E-state index in [4.69, 9.17) is 29.3 Å². The predicted octanol–water partition coefficient (Wildman–Crippen LogP) is 4.79. The van der Waals surface area contributed by atoms with Crippen LogP contribution in [-0.2, 0) is 26.1 Å². The predicted molar refractivity (Wildman–Crippen MR) is 149 cm³/mol. The fraction of sp³-hybridized carbons (Fsp3) is 0.233. The summed E-state index contributed by atoms with van der Waals surface area (Å²) in [6.07, 6.45) is 0.842. The zero-order valence-corrected chi connectivity index (χ0v) is 21.6. The maximum Gasteiger partial charge on any atom is 0.231 e. The zero-order chi connectivity index (χ0) is 26.2. The first-order chi connectivity index (χ1) is 19.2. The SMILES string of the molecule is COc1ccc(CN2CCc3nn(Cc4ccccc4)c4nc(NCc5ccc6c(c5)OCO6)nc2c34)cc1. The largest absolute Gasteiger partial charge is 0.497 e. The standard InChI is InChI=1S/C30H28N6O3/c1-37-23-10-7-21(8-11-23)17-35-14-13-24-27-28(35)32-30(31-16-22-9-12-25-26(15-22)39-19-38-25)33-29(27)36(34-24)18-20-5-3-2-4-6-20/h2-12,15H,13-14,16-19H2,1H3,(H,31,32,33). The summed E-state index contributed by atoms with van der Waals surface area (Å²) in [5, 5.41) is 9.46. The Morgan fingerprint density at radius 3 is 2.51 bits per heavy atom. The van der Waals surface area contributed by atoms with Gasteiger partial charge >= 0.3 is 0 Å². The lowest BCUT2D eigenvalue weighted by Gasteiger charge is -2.28. The Morgan fingerprint density at radius 1 is 0.872 bits per heavy atom. The van der Waals surface area contributed by atoms with Crippen LogP contribution in [-0.4, -0.2) is 40.2 Å². The minimum Gasteiger partial charge on any atom is -0.497 e. The maximum absolute atomic E-state index is 5.55. The van der Waals surface area contributed by atoms with Crippen LogP contribution >= 0.6 is 0 Å². The van der Waals surface area contributed by atoms with Crippen LogP contribution in [0.2, 0.25) is 0 Å². The van der Waals surface area contributed by atoms with Crippen molar-refractivity contribution in [3.8, 4) is 17.2 Å². The Balaban J connectivity index is 1.24. The molecule has 0 unspecified atom stereocenters. The number of anilines is 2. The Morgan fingerprint density at radius 2 is 1.67 bits per heavy atom. The molecule has 0 amide bonds. The summed E-state index contributed by atoms with van der Waals surface area (Å²) in [6, 6.07) is 24.5. The van der Waals surface area contributed by atoms with E-state index in [1.807, 2.05) is 41.1 Å². The molecule has 1 N–H and O–H groups in total. The van der Waals surface area contributed by atoms with E-state index in [-0.39, 0.29) is 6.79 Å². The normalized spacial score (nSPS) is 13.6. The van der Waals surface area contributed by atoms with Crippen LogP contribution in [0.25, 0.3) is 11.0 Å². The van der Waals surface area contributed by atoms with Crippen LogP contribution in [0.3, 0.4) is 0 Å². The van der Waals surface area contributed by atoms with Crippen LogP contribution in [0.15, 0.2) is 72.8 Å². The highest BCUT2D eigenvalue weighted by molar-refractivity contribution is 5.92. The number of hydrogen-bond acceptors (Lipinski definition) is 8. The summed E-state index contributed by atoms with van der Waals surface area (Å²) in [6.45, 7) is 3.02. The van der Waals surface area contributed by atoms with Gasteiger partial charge in [-0.25, -0.2) is 4.68 Å². The van der Waals surface area contributed by atoms with Gasteiger partial charge in [0, 0.05) is 26.1 Å². The van der Waals surface area contributed by atoms with E-state index in [1.54, 1.807) is 7.11 Å². The highest BCUT2D eigenvalue weighted by atomic mass is 16.7. The lowest BCUT2D eigenvalue weighted by molar-refractivity contribution is 0.174. The van der Waals surface area contributed by atoms with Crippen molar-refractivity contribution in [1.29, 1.82) is 0 Å². The summed E-state index contributed by atoms with van der Waals surface area (Å²) in [5.41, 5.74) is 5.32. The molecule has 0 spiro atoms. The zero-order valence-electron chi connectivity index (χ0n) is 21.6. The van der Waals surface area contributed by atoms with Crippen molar-refractivity contribution < 1.29 is 14.2 Å². The molecule has 0 aliphatic carbocycles. The van der Waals surface area contributed by atoms with Gasteiger partial charge in [-0.2, -0.15) is 15.1 Å². The number of hydrogen-bond donors (Lipinski definition) is 1. The highest BCUT2D eigenvalue weighted by Gasteiger charge is 2.27. The second-order valence-electron chi connectivity index (χ2n) is 9.72. The Kier molecular flexibility index (Phi) is 5.88. The molecule has 0 fully saturated rings. The van der Waals surface area contributed by atoms with Crippen LogP contribution in [0.4, 0.5) is 11.8 Å². The first-order valence-corrected chi connectivity index (χ1v) is 13.0. The number of fused-ring (bicyclic) bond motifs is 1. The number of benzene rings is 3. The first kappa shape index (κ1) is 23.3. The van der Waals surface area contributed by atoms with Gasteiger partial charge in [0.25, 0.3) is 0 Å².